The van der Waals surface area contributed by atoms with E-state index in [-0.39, 0.29) is 12.8 Å². The van der Waals surface area contributed by atoms with E-state index in [0.29, 0.717) is 0 Å². The third kappa shape index (κ3) is 3.39. The molecule has 0 aromatic heterocycles. The molecule has 14 heteroatoms. The first-order valence-electron chi connectivity index (χ1n) is 8.37. The smallest absolute Gasteiger partial charge is 0.432 e. The van der Waals surface area contributed by atoms with Crippen LogP contribution in [0.3, 0.4) is 0 Å². The quantitative estimate of drug-likeness (QED) is 0.346. The molecule has 0 amide bonds. The van der Waals surface area contributed by atoms with Crippen LogP contribution in [-0.2, 0) is 34.0 Å². The van der Waals surface area contributed by atoms with E-state index >= 15 is 0 Å². The van der Waals surface area contributed by atoms with E-state index in [1.165, 1.54) is 0 Å². The molecule has 0 aliphatic heterocycles. The lowest BCUT2D eigenvalue weighted by Gasteiger charge is -2.34. The Morgan fingerprint density at radius 2 is 1.72 bits per heavy atom. The minimum absolute atomic E-state index is 0.0959. The molecule has 0 aromatic rings. The number of ether oxygens (including phenoxy) is 2. The monoisotopic (exact) mass is 449 g/mol. The van der Waals surface area contributed by atoms with Crippen molar-refractivity contribution in [1.82, 2.24) is 0 Å². The van der Waals surface area contributed by atoms with Crippen LogP contribution in [0.25, 0.3) is 0 Å². The molecule has 0 aromatic carbocycles. The number of Topliss-reactive ketones (excluding diaryl/α,β-unsaturated/α-hetero) is 1. The second-order valence-corrected chi connectivity index (χ2v) is 8.85. The molecule has 3 rings (SSSR count). The zero-order valence-electron chi connectivity index (χ0n) is 14.5. The number of carbonyl (C=O) groups is 3. The fraction of sp³-hybridized carbons (Fsp3) is 0.800. The number of alkyl halides is 5. The lowest BCUT2D eigenvalue weighted by molar-refractivity contribution is -0.262. The van der Waals surface area contributed by atoms with Crippen molar-refractivity contribution in [3.8, 4) is 0 Å². The molecule has 7 atom stereocenters. The number of carbonyl (C=O) groups excluding carboxylic acids is 3. The molecular formula is C15H14F5O8S-. The van der Waals surface area contributed by atoms with E-state index < -0.39 is 81.1 Å². The van der Waals surface area contributed by atoms with Gasteiger partial charge in [-0.15, -0.1) is 0 Å². The van der Waals surface area contributed by atoms with E-state index in [9.17, 15) is 49.3 Å². The first-order valence-corrected chi connectivity index (χ1v) is 9.78. The highest BCUT2D eigenvalue weighted by Gasteiger charge is 2.69. The van der Waals surface area contributed by atoms with Gasteiger partial charge in [0, 0.05) is 31.1 Å². The average molecular weight is 449 g/mol. The summed E-state index contributed by atoms with van der Waals surface area (Å²) >= 11 is 0. The molecule has 0 N–H and O–H groups in total. The lowest BCUT2D eigenvalue weighted by Crippen LogP contribution is -2.53. The van der Waals surface area contributed by atoms with Crippen molar-refractivity contribution in [2.24, 2.45) is 29.6 Å². The van der Waals surface area contributed by atoms with Crippen molar-refractivity contribution < 1.29 is 58.8 Å². The fourth-order valence-electron chi connectivity index (χ4n) is 4.90. The summed E-state index contributed by atoms with van der Waals surface area (Å²) in [7, 11) is -6.83. The largest absolute Gasteiger partial charge is 0.743 e. The maximum atomic E-state index is 13.6. The SMILES string of the molecule is CC(=O)OC1C2CC(=O)C3C2CC1C3C(=O)OC(C(F)(F)F)C(F)(F)S(=O)(=O)[O-]. The van der Waals surface area contributed by atoms with Gasteiger partial charge in [-0.3, -0.25) is 14.4 Å². The Kier molecular flexibility index (Phi) is 4.97. The van der Waals surface area contributed by atoms with E-state index in [1.54, 1.807) is 0 Å². The molecule has 164 valence electrons. The van der Waals surface area contributed by atoms with Gasteiger partial charge < -0.3 is 14.0 Å². The zero-order chi connectivity index (χ0) is 22.1. The summed E-state index contributed by atoms with van der Waals surface area (Å²) in [5, 5.41) is -5.98. The van der Waals surface area contributed by atoms with Crippen molar-refractivity contribution in [1.29, 1.82) is 0 Å². The molecule has 0 radical (unpaired) electrons. The molecule has 2 bridgehead atoms. The highest BCUT2D eigenvalue weighted by Crippen LogP contribution is 2.62. The molecule has 3 aliphatic rings. The van der Waals surface area contributed by atoms with Crippen LogP contribution in [0, 0.1) is 29.6 Å². The van der Waals surface area contributed by atoms with Crippen LogP contribution in [0.4, 0.5) is 22.0 Å². The number of rotatable bonds is 5. The van der Waals surface area contributed by atoms with Crippen molar-refractivity contribution >= 4 is 27.8 Å². The van der Waals surface area contributed by atoms with Gasteiger partial charge in [0.1, 0.15) is 11.9 Å². The van der Waals surface area contributed by atoms with Gasteiger partial charge in [0.25, 0.3) is 6.10 Å². The highest BCUT2D eigenvalue weighted by atomic mass is 32.2. The standard InChI is InChI=1S/C15H15F5O8S/c1-4(21)27-11-6-3-8(22)9-5(6)2-7(11)10(9)12(23)28-13(14(16,17)18)15(19,20)29(24,25)26/h5-7,9-11,13H,2-3H2,1H3,(H,24,25,26)/p-1. The Bertz CT molecular complexity index is 853. The summed E-state index contributed by atoms with van der Waals surface area (Å²) in [4.78, 5) is 35.9. The van der Waals surface area contributed by atoms with Crippen molar-refractivity contribution in [2.45, 2.75) is 43.4 Å². The van der Waals surface area contributed by atoms with Crippen LogP contribution in [0.1, 0.15) is 19.8 Å². The van der Waals surface area contributed by atoms with Crippen LogP contribution in [0.5, 0.6) is 0 Å². The zero-order valence-corrected chi connectivity index (χ0v) is 15.3. The highest BCUT2D eigenvalue weighted by molar-refractivity contribution is 7.86. The third-order valence-corrected chi connectivity index (χ3v) is 6.68. The number of esters is 2. The Hall–Kier alpha value is -1.83. The third-order valence-electron chi connectivity index (χ3n) is 5.80. The normalized spacial score (nSPS) is 34.9. The van der Waals surface area contributed by atoms with E-state index in [2.05, 4.69) is 4.74 Å². The number of ketones is 1. The number of fused-ring (bicyclic) bond motifs is 1. The molecule has 7 unspecified atom stereocenters. The van der Waals surface area contributed by atoms with Gasteiger partial charge in [-0.05, 0) is 12.3 Å². The first-order chi connectivity index (χ1) is 13.1. The Labute approximate surface area is 160 Å². The summed E-state index contributed by atoms with van der Waals surface area (Å²) in [6.45, 7) is 1.05. The predicted octanol–water partition coefficient (Wildman–Crippen LogP) is 1.00. The van der Waals surface area contributed by atoms with Gasteiger partial charge in [0.15, 0.2) is 10.1 Å². The van der Waals surface area contributed by atoms with E-state index in [0.717, 1.165) is 6.92 Å². The van der Waals surface area contributed by atoms with Crippen molar-refractivity contribution in [3.05, 3.63) is 0 Å². The first kappa shape index (κ1) is 21.9. The molecule has 3 aliphatic carbocycles. The molecule has 0 saturated heterocycles. The van der Waals surface area contributed by atoms with Gasteiger partial charge in [0.05, 0.1) is 5.92 Å². The van der Waals surface area contributed by atoms with Crippen LogP contribution in [0.15, 0.2) is 0 Å². The van der Waals surface area contributed by atoms with E-state index in [1.807, 2.05) is 0 Å². The summed E-state index contributed by atoms with van der Waals surface area (Å²) in [6, 6.07) is 0. The van der Waals surface area contributed by atoms with Crippen molar-refractivity contribution in [3.63, 3.8) is 0 Å². The Balaban J connectivity index is 1.91. The summed E-state index contributed by atoms with van der Waals surface area (Å²) < 4.78 is 107. The van der Waals surface area contributed by atoms with Crippen molar-refractivity contribution in [2.75, 3.05) is 0 Å². The minimum Gasteiger partial charge on any atom is -0.743 e. The summed E-state index contributed by atoms with van der Waals surface area (Å²) in [6.07, 6.45) is -11.6. The lowest BCUT2D eigenvalue weighted by atomic mass is 9.78. The van der Waals surface area contributed by atoms with E-state index in [4.69, 9.17) is 4.74 Å². The second kappa shape index (κ2) is 6.59. The van der Waals surface area contributed by atoms with Gasteiger partial charge in [0.2, 0.25) is 0 Å². The van der Waals surface area contributed by atoms with Gasteiger partial charge >= 0.3 is 23.4 Å². The number of halogens is 5. The Morgan fingerprint density at radius 3 is 2.21 bits per heavy atom. The maximum Gasteiger partial charge on any atom is 0.432 e. The van der Waals surface area contributed by atoms with Gasteiger partial charge in [-0.2, -0.15) is 22.0 Å². The van der Waals surface area contributed by atoms with Crippen LogP contribution in [-0.4, -0.2) is 54.3 Å². The van der Waals surface area contributed by atoms with Crippen LogP contribution < -0.4 is 0 Å². The average Bonchev–Trinajstić information content (AvgIpc) is 3.13. The topological polar surface area (TPSA) is 127 Å². The van der Waals surface area contributed by atoms with Crippen LogP contribution in [0.2, 0.25) is 0 Å². The van der Waals surface area contributed by atoms with Gasteiger partial charge in [-0.25, -0.2) is 8.42 Å². The molecule has 29 heavy (non-hydrogen) atoms. The maximum absolute atomic E-state index is 13.6. The number of hydrogen-bond donors (Lipinski definition) is 0. The molecule has 8 nitrogen and oxygen atoms in total. The fourth-order valence-corrected chi connectivity index (χ4v) is 5.34. The Morgan fingerprint density at radius 1 is 1.14 bits per heavy atom. The molecule has 3 fully saturated rings. The summed E-state index contributed by atoms with van der Waals surface area (Å²) in [5.41, 5.74) is 0. The molecule has 3 saturated carbocycles. The molecule has 0 heterocycles. The summed E-state index contributed by atoms with van der Waals surface area (Å²) in [5.74, 6) is -7.76. The second-order valence-electron chi connectivity index (χ2n) is 7.40. The van der Waals surface area contributed by atoms with Crippen LogP contribution >= 0.6 is 0 Å². The predicted molar refractivity (Wildman–Crippen MR) is 77.8 cm³/mol. The number of hydrogen-bond acceptors (Lipinski definition) is 8. The minimum atomic E-state index is -6.83. The molecule has 0 spiro atoms. The molecular weight excluding hydrogens is 435 g/mol. The van der Waals surface area contributed by atoms with Gasteiger partial charge in [-0.1, -0.05) is 0 Å².